The minimum atomic E-state index is 0. The Morgan fingerprint density at radius 3 is 1.25 bits per heavy atom. The highest BCUT2D eigenvalue weighted by atomic mass is 32.1. The molecule has 0 radical (unpaired) electrons. The van der Waals surface area contributed by atoms with Crippen molar-refractivity contribution in [2.75, 3.05) is 0 Å². The van der Waals surface area contributed by atoms with Crippen LogP contribution in [0.1, 0.15) is 0 Å². The Labute approximate surface area is 39.3 Å². The Hall–Kier alpha value is 0.744. The molecule has 28 valence electrons. The summed E-state index contributed by atoms with van der Waals surface area (Å²) in [6, 6.07) is 0. The molecular weight excluding hydrogens is 104 g/mol. The van der Waals surface area contributed by atoms with Gasteiger partial charge in [0.2, 0.25) is 0 Å². The van der Waals surface area contributed by atoms with Crippen LogP contribution in [0.3, 0.4) is 0 Å². The van der Waals surface area contributed by atoms with E-state index in [2.05, 4.69) is 4.12 Å². The molecule has 0 aromatic heterocycles. The van der Waals surface area contributed by atoms with Gasteiger partial charge in [-0.1, -0.05) is 0 Å². The van der Waals surface area contributed by atoms with Crippen molar-refractivity contribution in [3.8, 4) is 0 Å². The maximum Gasteiger partial charge on any atom is 0.129 e. The highest BCUT2D eigenvalue weighted by Crippen LogP contribution is 1.20. The van der Waals surface area contributed by atoms with E-state index in [1.807, 2.05) is 0 Å². The zero-order valence-corrected chi connectivity index (χ0v) is 7.91. The molecule has 0 aliphatic rings. The fourth-order valence-corrected chi connectivity index (χ4v) is 0. The van der Waals surface area contributed by atoms with E-state index in [-0.39, 0.29) is 13.5 Å². The third-order valence-electron chi connectivity index (χ3n) is 0. The van der Waals surface area contributed by atoms with E-state index in [1.54, 1.807) is 0 Å². The summed E-state index contributed by atoms with van der Waals surface area (Å²) in [5, 5.41) is 0. The molecule has 4 heavy (non-hydrogen) atoms. The molecule has 0 fully saturated rings. The molecule has 0 aliphatic heterocycles. The van der Waals surface area contributed by atoms with E-state index in [1.165, 1.54) is 0 Å². The average Bonchev–Trinajstić information content (AvgIpc) is 0.918. The van der Waals surface area contributed by atoms with Gasteiger partial charge in [0.1, 0.15) is 21.0 Å². The largest absolute Gasteiger partial charge is 0.471 e. The summed E-state index contributed by atoms with van der Waals surface area (Å²) in [5.41, 5.74) is 0. The normalized spacial score (nSPS) is 6.00. The fraction of sp³-hybridized carbons (Fsp3) is 0. The van der Waals surface area contributed by atoms with Crippen LogP contribution in [0.4, 0.5) is 0 Å². The Morgan fingerprint density at radius 1 is 1.25 bits per heavy atom. The zero-order valence-electron chi connectivity index (χ0n) is 2.91. The minimum Gasteiger partial charge on any atom is -0.471 e. The van der Waals surface area contributed by atoms with Gasteiger partial charge in [-0.3, -0.25) is 0 Å². The molecule has 0 aromatic carbocycles. The third-order valence-corrected chi connectivity index (χ3v) is 0. The smallest absolute Gasteiger partial charge is 0.129 e. The molecule has 0 saturated carbocycles. The molecule has 0 amide bonds. The lowest BCUT2D eigenvalue weighted by atomic mass is 15.8. The van der Waals surface area contributed by atoms with E-state index >= 15 is 0 Å². The van der Waals surface area contributed by atoms with Crippen molar-refractivity contribution >= 4 is 34.5 Å². The average molecular weight is 112 g/mol. The Kier molecular flexibility index (Phi) is 20.5. The van der Waals surface area contributed by atoms with Gasteiger partial charge < -0.3 is 4.12 Å². The molecule has 0 saturated heterocycles. The molecule has 0 N–H and O–H groups in total. The van der Waals surface area contributed by atoms with Gasteiger partial charge in [-0.25, -0.2) is 0 Å². The van der Waals surface area contributed by atoms with E-state index in [4.69, 9.17) is 0 Å². The van der Waals surface area contributed by atoms with Crippen LogP contribution in [0, 0.1) is 0 Å². The third kappa shape index (κ3) is 15.1. The molecule has 0 bridgehead atoms. The van der Waals surface area contributed by atoms with Crippen molar-refractivity contribution in [3.63, 3.8) is 0 Å². The summed E-state index contributed by atoms with van der Waals surface area (Å²) >= 11 is 0. The van der Waals surface area contributed by atoms with Crippen LogP contribution in [0.25, 0.3) is 0 Å². The molecular formula is H8OSSi2. The Morgan fingerprint density at radius 2 is 1.25 bits per heavy atom. The summed E-state index contributed by atoms with van der Waals surface area (Å²) in [5.74, 6) is 0. The van der Waals surface area contributed by atoms with Crippen molar-refractivity contribution in [1.82, 2.24) is 0 Å². The number of rotatable bonds is 0. The monoisotopic (exact) mass is 112 g/mol. The molecule has 1 nitrogen and oxygen atoms in total. The van der Waals surface area contributed by atoms with Gasteiger partial charge in [0.25, 0.3) is 0 Å². The van der Waals surface area contributed by atoms with E-state index in [0.717, 1.165) is 21.0 Å². The first-order chi connectivity index (χ1) is 1.41. The molecule has 0 aromatic rings. The molecule has 0 atom stereocenters. The Balaban J connectivity index is 0. The van der Waals surface area contributed by atoms with Gasteiger partial charge in [0.05, 0.1) is 0 Å². The van der Waals surface area contributed by atoms with Gasteiger partial charge in [-0.15, -0.1) is 0 Å². The fourth-order valence-electron chi connectivity index (χ4n) is 0. The van der Waals surface area contributed by atoms with Gasteiger partial charge in [0, 0.05) is 0 Å². The SMILES string of the molecule is S.[SiH3]O[SiH3]. The van der Waals surface area contributed by atoms with Crippen LogP contribution in [0.5, 0.6) is 0 Å². The lowest BCUT2D eigenvalue weighted by molar-refractivity contribution is 0.690. The van der Waals surface area contributed by atoms with Crippen molar-refractivity contribution in [2.24, 2.45) is 0 Å². The van der Waals surface area contributed by atoms with Gasteiger partial charge in [0.15, 0.2) is 0 Å². The summed E-state index contributed by atoms with van der Waals surface area (Å²) in [4.78, 5) is 0. The lowest BCUT2D eigenvalue weighted by Crippen LogP contribution is -1.65. The van der Waals surface area contributed by atoms with Crippen molar-refractivity contribution in [2.45, 2.75) is 0 Å². The van der Waals surface area contributed by atoms with Crippen LogP contribution >= 0.6 is 13.5 Å². The molecule has 0 unspecified atom stereocenters. The van der Waals surface area contributed by atoms with Crippen LogP contribution in [-0.4, -0.2) is 21.0 Å². The second kappa shape index (κ2) is 9.27. The van der Waals surface area contributed by atoms with E-state index in [9.17, 15) is 0 Å². The van der Waals surface area contributed by atoms with Gasteiger partial charge in [-0.05, 0) is 0 Å². The highest BCUT2D eigenvalue weighted by Gasteiger charge is 1.28. The second-order valence-corrected chi connectivity index (χ2v) is 3.67. The van der Waals surface area contributed by atoms with E-state index in [0.29, 0.717) is 0 Å². The van der Waals surface area contributed by atoms with Crippen LogP contribution in [-0.2, 0) is 4.12 Å². The highest BCUT2D eigenvalue weighted by molar-refractivity contribution is 7.59. The van der Waals surface area contributed by atoms with Crippen LogP contribution in [0.2, 0.25) is 0 Å². The summed E-state index contributed by atoms with van der Waals surface area (Å²) in [6.07, 6.45) is 0. The predicted octanol–water partition coefficient (Wildman–Crippen LogP) is -2.32. The summed E-state index contributed by atoms with van der Waals surface area (Å²) in [7, 11) is 1.86. The van der Waals surface area contributed by atoms with Crippen molar-refractivity contribution < 1.29 is 4.12 Å². The maximum absolute atomic E-state index is 4.53. The first kappa shape index (κ1) is 8.83. The lowest BCUT2D eigenvalue weighted by Gasteiger charge is -1.62. The standard InChI is InChI=1S/H6OSi2.H2S/c2-1-3;/h2-3H3;1H2. The maximum atomic E-state index is 4.53. The minimum absolute atomic E-state index is 0. The van der Waals surface area contributed by atoms with E-state index < -0.39 is 0 Å². The number of hydrogen-bond donors (Lipinski definition) is 0. The first-order valence-electron chi connectivity index (χ1n) is 0.816. The second-order valence-electron chi connectivity index (χ2n) is 0.408. The van der Waals surface area contributed by atoms with Crippen LogP contribution in [0.15, 0.2) is 0 Å². The molecule has 0 aliphatic carbocycles. The van der Waals surface area contributed by atoms with Gasteiger partial charge in [-0.2, -0.15) is 13.5 Å². The summed E-state index contributed by atoms with van der Waals surface area (Å²) < 4.78 is 4.53. The van der Waals surface area contributed by atoms with Crippen LogP contribution < -0.4 is 0 Å². The van der Waals surface area contributed by atoms with Gasteiger partial charge >= 0.3 is 0 Å². The molecule has 4 heteroatoms. The van der Waals surface area contributed by atoms with Crippen molar-refractivity contribution in [1.29, 1.82) is 0 Å². The van der Waals surface area contributed by atoms with Crippen molar-refractivity contribution in [3.05, 3.63) is 0 Å². The first-order valence-corrected chi connectivity index (χ1v) is 2.45. The Bertz CT molecular complexity index is 6.00. The summed E-state index contributed by atoms with van der Waals surface area (Å²) in [6.45, 7) is 0. The molecule has 0 spiro atoms. The number of hydrogen-bond acceptors (Lipinski definition) is 1. The zero-order chi connectivity index (χ0) is 2.71. The topological polar surface area (TPSA) is 9.23 Å². The quantitative estimate of drug-likeness (QED) is 0.320. The molecule has 0 heterocycles. The molecule has 0 rings (SSSR count). The predicted molar refractivity (Wildman–Crippen MR) is 31.3 cm³/mol.